The van der Waals surface area contributed by atoms with Crippen LogP contribution in [0.25, 0.3) is 0 Å². The highest BCUT2D eigenvalue weighted by atomic mass is 16.2. The molecule has 0 N–H and O–H groups in total. The Morgan fingerprint density at radius 3 is 1.28 bits per heavy atom. The second-order valence-electron chi connectivity index (χ2n) is 8.08. The van der Waals surface area contributed by atoms with Crippen molar-refractivity contribution in [1.29, 1.82) is 0 Å². The first-order valence-corrected chi connectivity index (χ1v) is 9.72. The van der Waals surface area contributed by atoms with E-state index in [-0.39, 0.29) is 35.7 Å². The molecule has 2 aromatic carbocycles. The summed E-state index contributed by atoms with van der Waals surface area (Å²) >= 11 is 0. The number of carbonyl (C=O) groups excluding carboxylic acids is 4. The normalized spacial score (nSPS) is 15.8. The average molecular weight is 390 g/mol. The number of amides is 4. The Kier molecular flexibility index (Phi) is 4.37. The summed E-state index contributed by atoms with van der Waals surface area (Å²) in [6, 6.07) is 10.1. The lowest BCUT2D eigenvalue weighted by molar-refractivity contribution is 0.0592. The molecule has 2 heterocycles. The fourth-order valence-electron chi connectivity index (χ4n) is 4.01. The van der Waals surface area contributed by atoms with Gasteiger partial charge in [-0.05, 0) is 69.5 Å². The van der Waals surface area contributed by atoms with Crippen molar-refractivity contribution >= 4 is 23.6 Å². The van der Waals surface area contributed by atoms with Crippen molar-refractivity contribution in [3.63, 3.8) is 0 Å². The highest BCUT2D eigenvalue weighted by molar-refractivity contribution is 6.22. The van der Waals surface area contributed by atoms with Crippen molar-refractivity contribution in [2.45, 2.75) is 46.2 Å². The maximum absolute atomic E-state index is 12.6. The van der Waals surface area contributed by atoms with Crippen LogP contribution in [0.3, 0.4) is 0 Å². The van der Waals surface area contributed by atoms with E-state index in [0.717, 1.165) is 11.1 Å². The molecular formula is C23H22N2O4. The standard InChI is InChI=1S/C23H22N2O4/c1-12(2)24-20(26)16-7-5-14(10-18(16)22(24)28)9-15-6-8-17-19(11-15)23(29)25(13(3)4)21(17)27/h5-8,10-13H,9H2,1-4H3. The van der Waals surface area contributed by atoms with Gasteiger partial charge in [-0.15, -0.1) is 0 Å². The van der Waals surface area contributed by atoms with Crippen LogP contribution in [0, 0.1) is 0 Å². The first-order chi connectivity index (χ1) is 13.7. The van der Waals surface area contributed by atoms with Crippen LogP contribution < -0.4 is 0 Å². The number of rotatable bonds is 4. The van der Waals surface area contributed by atoms with Crippen LogP contribution >= 0.6 is 0 Å². The predicted octanol–water partition coefficient (Wildman–Crippen LogP) is 3.29. The van der Waals surface area contributed by atoms with Gasteiger partial charge in [0.15, 0.2) is 0 Å². The molecule has 148 valence electrons. The van der Waals surface area contributed by atoms with Crippen molar-refractivity contribution in [3.8, 4) is 0 Å². The molecule has 0 spiro atoms. The molecule has 4 rings (SSSR count). The Morgan fingerprint density at radius 1 is 0.586 bits per heavy atom. The van der Waals surface area contributed by atoms with Gasteiger partial charge in [-0.1, -0.05) is 12.1 Å². The zero-order valence-corrected chi connectivity index (χ0v) is 16.9. The Labute approximate surface area is 169 Å². The smallest absolute Gasteiger partial charge is 0.261 e. The van der Waals surface area contributed by atoms with Crippen molar-refractivity contribution in [1.82, 2.24) is 9.80 Å². The van der Waals surface area contributed by atoms with Crippen LogP contribution in [0.5, 0.6) is 0 Å². The van der Waals surface area contributed by atoms with E-state index >= 15 is 0 Å². The maximum atomic E-state index is 12.6. The third-order valence-corrected chi connectivity index (χ3v) is 5.41. The largest absolute Gasteiger partial charge is 0.272 e. The molecule has 2 aliphatic rings. The zero-order chi connectivity index (χ0) is 21.0. The number of imide groups is 2. The quantitative estimate of drug-likeness (QED) is 0.751. The molecule has 2 aromatic rings. The van der Waals surface area contributed by atoms with Crippen LogP contribution in [0.2, 0.25) is 0 Å². The first kappa shape index (κ1) is 19.1. The molecule has 2 aliphatic heterocycles. The second-order valence-corrected chi connectivity index (χ2v) is 8.08. The topological polar surface area (TPSA) is 74.8 Å². The summed E-state index contributed by atoms with van der Waals surface area (Å²) < 4.78 is 0. The lowest BCUT2D eigenvalue weighted by Gasteiger charge is -2.17. The molecule has 0 aromatic heterocycles. The van der Waals surface area contributed by atoms with Gasteiger partial charge in [0.1, 0.15) is 0 Å². The van der Waals surface area contributed by atoms with Gasteiger partial charge in [-0.2, -0.15) is 0 Å². The summed E-state index contributed by atoms with van der Waals surface area (Å²) in [7, 11) is 0. The van der Waals surface area contributed by atoms with Crippen LogP contribution in [0.4, 0.5) is 0 Å². The number of hydrogen-bond acceptors (Lipinski definition) is 4. The number of nitrogens with zero attached hydrogens (tertiary/aromatic N) is 2. The van der Waals surface area contributed by atoms with Gasteiger partial charge < -0.3 is 0 Å². The Hall–Kier alpha value is -3.28. The number of carbonyl (C=O) groups is 4. The molecule has 0 aliphatic carbocycles. The van der Waals surface area contributed by atoms with E-state index in [1.165, 1.54) is 9.80 Å². The van der Waals surface area contributed by atoms with E-state index in [4.69, 9.17) is 0 Å². The van der Waals surface area contributed by atoms with Gasteiger partial charge >= 0.3 is 0 Å². The van der Waals surface area contributed by atoms with Gasteiger partial charge in [0.2, 0.25) is 0 Å². The molecule has 0 radical (unpaired) electrons. The minimum absolute atomic E-state index is 0.199. The maximum Gasteiger partial charge on any atom is 0.261 e. The summed E-state index contributed by atoms with van der Waals surface area (Å²) in [5, 5.41) is 0. The van der Waals surface area contributed by atoms with E-state index in [1.54, 1.807) is 24.3 Å². The average Bonchev–Trinajstić information content (AvgIpc) is 3.06. The fourth-order valence-corrected chi connectivity index (χ4v) is 4.01. The molecule has 0 atom stereocenters. The molecule has 6 heteroatoms. The van der Waals surface area contributed by atoms with Gasteiger partial charge in [0, 0.05) is 12.1 Å². The van der Waals surface area contributed by atoms with Crippen molar-refractivity contribution in [3.05, 3.63) is 69.8 Å². The third-order valence-electron chi connectivity index (χ3n) is 5.41. The number of hydrogen-bond donors (Lipinski definition) is 0. The summed E-state index contributed by atoms with van der Waals surface area (Å²) in [6.07, 6.45) is 0.493. The van der Waals surface area contributed by atoms with Crippen molar-refractivity contribution in [2.24, 2.45) is 0 Å². The summed E-state index contributed by atoms with van der Waals surface area (Å²) in [5.74, 6) is -1.07. The minimum Gasteiger partial charge on any atom is -0.272 e. The van der Waals surface area contributed by atoms with E-state index in [2.05, 4.69) is 0 Å². The summed E-state index contributed by atoms with van der Waals surface area (Å²) in [5.41, 5.74) is 3.42. The van der Waals surface area contributed by atoms with E-state index in [9.17, 15) is 19.2 Å². The Balaban J connectivity index is 1.64. The predicted molar refractivity (Wildman–Crippen MR) is 107 cm³/mol. The highest BCUT2D eigenvalue weighted by Crippen LogP contribution is 2.29. The van der Waals surface area contributed by atoms with Crippen molar-refractivity contribution in [2.75, 3.05) is 0 Å². The first-order valence-electron chi connectivity index (χ1n) is 9.72. The molecule has 4 amide bonds. The lowest BCUT2D eigenvalue weighted by atomic mass is 9.98. The van der Waals surface area contributed by atoms with Gasteiger partial charge in [-0.25, -0.2) is 0 Å². The summed E-state index contributed by atoms with van der Waals surface area (Å²) in [6.45, 7) is 7.25. The minimum atomic E-state index is -0.274. The molecule has 0 saturated heterocycles. The number of fused-ring (bicyclic) bond motifs is 2. The van der Waals surface area contributed by atoms with Crippen LogP contribution in [0.1, 0.15) is 80.3 Å². The van der Waals surface area contributed by atoms with Crippen LogP contribution in [-0.2, 0) is 6.42 Å². The second kappa shape index (κ2) is 6.65. The molecule has 0 saturated carbocycles. The fraction of sp³-hybridized carbons (Fsp3) is 0.304. The van der Waals surface area contributed by atoms with Gasteiger partial charge in [0.25, 0.3) is 23.6 Å². The third kappa shape index (κ3) is 2.87. The van der Waals surface area contributed by atoms with E-state index < -0.39 is 0 Å². The van der Waals surface area contributed by atoms with Crippen LogP contribution in [-0.4, -0.2) is 45.5 Å². The molecule has 0 unspecified atom stereocenters. The highest BCUT2D eigenvalue weighted by Gasteiger charge is 2.38. The van der Waals surface area contributed by atoms with Crippen molar-refractivity contribution < 1.29 is 19.2 Å². The van der Waals surface area contributed by atoms with Gasteiger partial charge in [-0.3, -0.25) is 29.0 Å². The van der Waals surface area contributed by atoms with Crippen LogP contribution in [0.15, 0.2) is 36.4 Å². The molecular weight excluding hydrogens is 368 g/mol. The molecule has 29 heavy (non-hydrogen) atoms. The van der Waals surface area contributed by atoms with Gasteiger partial charge in [0.05, 0.1) is 22.3 Å². The molecule has 6 nitrogen and oxygen atoms in total. The lowest BCUT2D eigenvalue weighted by Crippen LogP contribution is -2.35. The monoisotopic (exact) mass is 390 g/mol. The SMILES string of the molecule is CC(C)N1C(=O)c2ccc(Cc3ccc4c(c3)C(=O)N(C(C)C)C4=O)cc2C1=O. The van der Waals surface area contributed by atoms with E-state index in [0.29, 0.717) is 28.7 Å². The Morgan fingerprint density at radius 2 is 0.931 bits per heavy atom. The Bertz CT molecular complexity index is 999. The zero-order valence-electron chi connectivity index (χ0n) is 16.9. The molecule has 0 fully saturated rings. The van der Waals surface area contributed by atoms with E-state index in [1.807, 2.05) is 39.8 Å². The molecule has 0 bridgehead atoms. The number of benzene rings is 2. The summed E-state index contributed by atoms with van der Waals surface area (Å²) in [4.78, 5) is 52.6.